The molecule has 0 bridgehead atoms. The predicted molar refractivity (Wildman–Crippen MR) is 116 cm³/mol. The molecule has 1 amide bonds. The number of nitrogens with one attached hydrogen (secondary N) is 1. The molecule has 2 aromatic rings. The highest BCUT2D eigenvalue weighted by atomic mass is 32.2. The van der Waals surface area contributed by atoms with E-state index in [4.69, 9.17) is 0 Å². The average molecular weight is 415 g/mol. The van der Waals surface area contributed by atoms with Gasteiger partial charge < -0.3 is 5.32 Å². The Morgan fingerprint density at radius 3 is 2.34 bits per heavy atom. The minimum absolute atomic E-state index is 0.00706. The first kappa shape index (κ1) is 21.5. The summed E-state index contributed by atoms with van der Waals surface area (Å²) in [6.07, 6.45) is 1.11. The van der Waals surface area contributed by atoms with Crippen molar-refractivity contribution in [2.75, 3.05) is 18.8 Å². The molecule has 1 aliphatic rings. The van der Waals surface area contributed by atoms with Crippen molar-refractivity contribution in [2.45, 2.75) is 39.7 Å². The Bertz CT molecular complexity index is 949. The summed E-state index contributed by atoms with van der Waals surface area (Å²) in [5, 5.41) is 3.24. The summed E-state index contributed by atoms with van der Waals surface area (Å²) in [4.78, 5) is 13.1. The van der Waals surface area contributed by atoms with Gasteiger partial charge >= 0.3 is 0 Å². The Morgan fingerprint density at radius 1 is 1.10 bits per heavy atom. The third-order valence-corrected chi connectivity index (χ3v) is 7.62. The number of carbonyl (C=O) groups excluding carboxylic acids is 1. The van der Waals surface area contributed by atoms with Crippen LogP contribution in [-0.2, 0) is 14.8 Å². The Morgan fingerprint density at radius 2 is 1.76 bits per heavy atom. The normalized spacial score (nSPS) is 17.1. The van der Waals surface area contributed by atoms with Gasteiger partial charge in [-0.25, -0.2) is 12.7 Å². The summed E-state index contributed by atoms with van der Waals surface area (Å²) in [7, 11) is -3.19. The predicted octanol–water partition coefficient (Wildman–Crippen LogP) is 3.57. The van der Waals surface area contributed by atoms with Gasteiger partial charge in [-0.1, -0.05) is 54.1 Å². The van der Waals surface area contributed by atoms with E-state index in [0.717, 1.165) is 16.7 Å². The second-order valence-electron chi connectivity index (χ2n) is 7.79. The molecule has 156 valence electrons. The number of amides is 1. The molecular formula is C23H30N2O3S. The van der Waals surface area contributed by atoms with Crippen LogP contribution in [0, 0.1) is 19.8 Å². The number of rotatable bonds is 6. The van der Waals surface area contributed by atoms with E-state index in [1.807, 2.05) is 30.3 Å². The molecule has 0 saturated carbocycles. The van der Waals surface area contributed by atoms with Gasteiger partial charge in [0.1, 0.15) is 0 Å². The van der Waals surface area contributed by atoms with Crippen LogP contribution in [0.5, 0.6) is 0 Å². The lowest BCUT2D eigenvalue weighted by molar-refractivity contribution is -0.126. The summed E-state index contributed by atoms with van der Waals surface area (Å²) in [6.45, 7) is 6.60. The standard InChI is InChI=1S/C23H30N2O3S/c1-4-29(27,28)25-14-12-20(13-15-25)23(26)24-22(19-8-6-5-7-9-19)21-11-10-17(2)16-18(21)3/h5-11,16,20,22H,4,12-15H2,1-3H3,(H,24,26)/t22-/m0/s1. The number of benzene rings is 2. The number of piperidine rings is 1. The highest BCUT2D eigenvalue weighted by Crippen LogP contribution is 2.28. The van der Waals surface area contributed by atoms with Gasteiger partial charge in [0, 0.05) is 19.0 Å². The van der Waals surface area contributed by atoms with Crippen LogP contribution in [0.1, 0.15) is 48.1 Å². The van der Waals surface area contributed by atoms with E-state index in [0.29, 0.717) is 25.9 Å². The van der Waals surface area contributed by atoms with Gasteiger partial charge in [0.25, 0.3) is 0 Å². The number of carbonyl (C=O) groups is 1. The van der Waals surface area contributed by atoms with Gasteiger partial charge in [-0.15, -0.1) is 0 Å². The quantitative estimate of drug-likeness (QED) is 0.786. The molecular weight excluding hydrogens is 384 g/mol. The smallest absolute Gasteiger partial charge is 0.223 e. The average Bonchev–Trinajstić information content (AvgIpc) is 2.73. The Kier molecular flexibility index (Phi) is 6.75. The number of aryl methyl sites for hydroxylation is 2. The second kappa shape index (κ2) is 9.09. The SMILES string of the molecule is CCS(=O)(=O)N1CCC(C(=O)N[C@@H](c2ccccc2)c2ccc(C)cc2C)CC1. The Balaban J connectivity index is 1.78. The largest absolute Gasteiger partial charge is 0.345 e. The van der Waals surface area contributed by atoms with E-state index >= 15 is 0 Å². The summed E-state index contributed by atoms with van der Waals surface area (Å²) >= 11 is 0. The molecule has 1 saturated heterocycles. The zero-order valence-corrected chi connectivity index (χ0v) is 18.2. The molecule has 1 atom stereocenters. The van der Waals surface area contributed by atoms with Crippen LogP contribution in [-0.4, -0.2) is 37.5 Å². The fourth-order valence-corrected chi connectivity index (χ4v) is 5.11. The first-order valence-electron chi connectivity index (χ1n) is 10.2. The lowest BCUT2D eigenvalue weighted by Crippen LogP contribution is -2.44. The van der Waals surface area contributed by atoms with Gasteiger partial charge in [0.15, 0.2) is 0 Å². The molecule has 0 aromatic heterocycles. The van der Waals surface area contributed by atoms with Gasteiger partial charge in [-0.05, 0) is 50.3 Å². The van der Waals surface area contributed by atoms with E-state index in [2.05, 4.69) is 37.4 Å². The van der Waals surface area contributed by atoms with Crippen LogP contribution in [0.25, 0.3) is 0 Å². The molecule has 0 spiro atoms. The van der Waals surface area contributed by atoms with Crippen LogP contribution in [0.2, 0.25) is 0 Å². The van der Waals surface area contributed by atoms with Crippen molar-refractivity contribution in [1.82, 2.24) is 9.62 Å². The van der Waals surface area contributed by atoms with Crippen molar-refractivity contribution in [3.8, 4) is 0 Å². The number of nitrogens with zero attached hydrogens (tertiary/aromatic N) is 1. The van der Waals surface area contributed by atoms with Crippen molar-refractivity contribution in [2.24, 2.45) is 5.92 Å². The van der Waals surface area contributed by atoms with Gasteiger partial charge in [0.2, 0.25) is 15.9 Å². The van der Waals surface area contributed by atoms with Crippen molar-refractivity contribution in [3.05, 3.63) is 70.8 Å². The molecule has 0 unspecified atom stereocenters. The third-order valence-electron chi connectivity index (χ3n) is 5.74. The van der Waals surface area contributed by atoms with Crippen LogP contribution in [0.4, 0.5) is 0 Å². The van der Waals surface area contributed by atoms with Crippen LogP contribution >= 0.6 is 0 Å². The molecule has 3 rings (SSSR count). The van der Waals surface area contributed by atoms with E-state index in [-0.39, 0.29) is 23.6 Å². The minimum atomic E-state index is -3.19. The highest BCUT2D eigenvalue weighted by Gasteiger charge is 2.31. The third kappa shape index (κ3) is 5.06. The fourth-order valence-electron chi connectivity index (χ4n) is 3.97. The molecule has 1 fully saturated rings. The fraction of sp³-hybridized carbons (Fsp3) is 0.435. The van der Waals surface area contributed by atoms with Crippen LogP contribution in [0.3, 0.4) is 0 Å². The Hall–Kier alpha value is -2.18. The molecule has 0 aliphatic carbocycles. The number of sulfonamides is 1. The van der Waals surface area contributed by atoms with Gasteiger partial charge in [0.05, 0.1) is 11.8 Å². The van der Waals surface area contributed by atoms with Crippen molar-refractivity contribution < 1.29 is 13.2 Å². The summed E-state index contributed by atoms with van der Waals surface area (Å²) in [6, 6.07) is 16.0. The van der Waals surface area contributed by atoms with Crippen LogP contribution < -0.4 is 5.32 Å². The van der Waals surface area contributed by atoms with Crippen molar-refractivity contribution in [3.63, 3.8) is 0 Å². The second-order valence-corrected chi connectivity index (χ2v) is 10.0. The van der Waals surface area contributed by atoms with Crippen LogP contribution in [0.15, 0.2) is 48.5 Å². The molecule has 1 heterocycles. The maximum absolute atomic E-state index is 13.1. The first-order chi connectivity index (χ1) is 13.8. The summed E-state index contributed by atoms with van der Waals surface area (Å²) in [5.41, 5.74) is 4.46. The van der Waals surface area contributed by atoms with Crippen molar-refractivity contribution >= 4 is 15.9 Å². The van der Waals surface area contributed by atoms with Gasteiger partial charge in [-0.3, -0.25) is 4.79 Å². The van der Waals surface area contributed by atoms with Crippen molar-refractivity contribution in [1.29, 1.82) is 0 Å². The number of hydrogen-bond donors (Lipinski definition) is 1. The topological polar surface area (TPSA) is 66.5 Å². The van der Waals surface area contributed by atoms with E-state index in [9.17, 15) is 13.2 Å². The maximum atomic E-state index is 13.1. The summed E-state index contributed by atoms with van der Waals surface area (Å²) < 4.78 is 25.6. The van der Waals surface area contributed by atoms with E-state index < -0.39 is 10.0 Å². The molecule has 5 nitrogen and oxygen atoms in total. The number of hydrogen-bond acceptors (Lipinski definition) is 3. The summed E-state index contributed by atoms with van der Waals surface area (Å²) in [5.74, 6) is -0.0743. The maximum Gasteiger partial charge on any atom is 0.223 e. The highest BCUT2D eigenvalue weighted by molar-refractivity contribution is 7.89. The zero-order valence-electron chi connectivity index (χ0n) is 17.4. The molecule has 2 aromatic carbocycles. The Labute approximate surface area is 174 Å². The minimum Gasteiger partial charge on any atom is -0.345 e. The van der Waals surface area contributed by atoms with E-state index in [1.165, 1.54) is 9.87 Å². The zero-order chi connectivity index (χ0) is 21.0. The molecule has 1 aliphatic heterocycles. The molecule has 29 heavy (non-hydrogen) atoms. The lowest BCUT2D eigenvalue weighted by atomic mass is 9.91. The van der Waals surface area contributed by atoms with E-state index in [1.54, 1.807) is 6.92 Å². The molecule has 0 radical (unpaired) electrons. The van der Waals surface area contributed by atoms with Gasteiger partial charge in [-0.2, -0.15) is 0 Å². The molecule has 1 N–H and O–H groups in total. The molecule has 6 heteroatoms. The monoisotopic (exact) mass is 414 g/mol. The first-order valence-corrected chi connectivity index (χ1v) is 11.8. The lowest BCUT2D eigenvalue weighted by Gasteiger charge is -2.31.